The Morgan fingerprint density at radius 2 is 1.83 bits per heavy atom. The van der Waals surface area contributed by atoms with Crippen LogP contribution >= 0.6 is 0 Å². The first-order chi connectivity index (χ1) is 14.0. The van der Waals surface area contributed by atoms with E-state index in [0.29, 0.717) is 5.39 Å². The van der Waals surface area contributed by atoms with E-state index < -0.39 is 11.1 Å². The molecule has 1 unspecified atom stereocenters. The molecular weight excluding hydrogens is 372 g/mol. The molecule has 29 heavy (non-hydrogen) atoms. The molecule has 0 fully saturated rings. The minimum Gasteiger partial charge on any atom is -0.348 e. The minimum atomic E-state index is -0.416. The Kier molecular flexibility index (Phi) is 4.78. The van der Waals surface area contributed by atoms with Gasteiger partial charge in [-0.25, -0.2) is 14.3 Å². The number of carbonyl (C=O) groups is 1. The number of aromatic nitrogens is 5. The molecule has 9 heteroatoms. The van der Waals surface area contributed by atoms with Gasteiger partial charge in [0.1, 0.15) is 19.2 Å². The highest BCUT2D eigenvalue weighted by Crippen LogP contribution is 2.15. The van der Waals surface area contributed by atoms with Crippen molar-refractivity contribution in [3.63, 3.8) is 0 Å². The van der Waals surface area contributed by atoms with E-state index in [4.69, 9.17) is 0 Å². The topological polar surface area (TPSA) is 115 Å². The number of hydrogen-bond acceptors (Lipinski definition) is 5. The van der Waals surface area contributed by atoms with E-state index in [9.17, 15) is 14.4 Å². The van der Waals surface area contributed by atoms with Gasteiger partial charge >= 0.3 is 0 Å². The Hall–Kier alpha value is -4.01. The van der Waals surface area contributed by atoms with Crippen LogP contribution in [-0.4, -0.2) is 30.5 Å². The first-order valence-corrected chi connectivity index (χ1v) is 8.99. The fraction of sp³-hybridized carbons (Fsp3) is 0.150. The van der Waals surface area contributed by atoms with Gasteiger partial charge in [-0.2, -0.15) is 5.10 Å². The average Bonchev–Trinajstić information content (AvgIpc) is 3.27. The van der Waals surface area contributed by atoms with Crippen molar-refractivity contribution >= 4 is 16.7 Å². The monoisotopic (exact) mass is 390 g/mol. The standard InChI is InChI=1S/C20H18N6O3/c1-13(14-6-8-15(9-7-14)26-12-21-11-22-26)23-18(27)10-25-20(29)17-5-3-2-4-16(17)19(28)24-25/h2-9,11-13H,10H2,1H3,(H,23,27)(H,24,28). The maximum absolute atomic E-state index is 12.5. The van der Waals surface area contributed by atoms with Gasteiger partial charge in [-0.15, -0.1) is 0 Å². The molecule has 0 saturated heterocycles. The number of aromatic amines is 1. The maximum atomic E-state index is 12.5. The predicted molar refractivity (Wildman–Crippen MR) is 107 cm³/mol. The lowest BCUT2D eigenvalue weighted by Gasteiger charge is -2.15. The maximum Gasteiger partial charge on any atom is 0.273 e. The van der Waals surface area contributed by atoms with Crippen LogP contribution in [0, 0.1) is 0 Å². The average molecular weight is 390 g/mol. The zero-order chi connectivity index (χ0) is 20.4. The zero-order valence-electron chi connectivity index (χ0n) is 15.6. The normalized spacial score (nSPS) is 12.0. The molecule has 2 aromatic heterocycles. The van der Waals surface area contributed by atoms with Crippen LogP contribution in [-0.2, 0) is 11.3 Å². The smallest absolute Gasteiger partial charge is 0.273 e. The largest absolute Gasteiger partial charge is 0.348 e. The van der Waals surface area contributed by atoms with Crippen LogP contribution in [0.15, 0.2) is 70.8 Å². The minimum absolute atomic E-state index is 0.277. The summed E-state index contributed by atoms with van der Waals surface area (Å²) in [6.07, 6.45) is 3.05. The van der Waals surface area contributed by atoms with E-state index in [-0.39, 0.29) is 23.9 Å². The molecule has 1 amide bonds. The second-order valence-corrected chi connectivity index (χ2v) is 6.60. The van der Waals surface area contributed by atoms with Crippen LogP contribution in [0.1, 0.15) is 18.5 Å². The Labute approximate surface area is 164 Å². The molecule has 4 aromatic rings. The highest BCUT2D eigenvalue weighted by molar-refractivity contribution is 5.81. The molecule has 0 aliphatic heterocycles. The van der Waals surface area contributed by atoms with Gasteiger partial charge < -0.3 is 5.32 Å². The highest BCUT2D eigenvalue weighted by atomic mass is 16.2. The quantitative estimate of drug-likeness (QED) is 0.530. The molecule has 4 rings (SSSR count). The first-order valence-electron chi connectivity index (χ1n) is 8.99. The predicted octanol–water partition coefficient (Wildman–Crippen LogP) is 1.15. The van der Waals surface area contributed by atoms with Gasteiger partial charge in [0.25, 0.3) is 11.1 Å². The first kappa shape index (κ1) is 18.4. The lowest BCUT2D eigenvalue weighted by Crippen LogP contribution is -2.37. The van der Waals surface area contributed by atoms with Gasteiger partial charge in [-0.05, 0) is 36.8 Å². The summed E-state index contributed by atoms with van der Waals surface area (Å²) in [6, 6.07) is 13.7. The highest BCUT2D eigenvalue weighted by Gasteiger charge is 2.13. The molecule has 1 atom stereocenters. The van der Waals surface area contributed by atoms with E-state index >= 15 is 0 Å². The Morgan fingerprint density at radius 3 is 2.52 bits per heavy atom. The Morgan fingerprint density at radius 1 is 1.10 bits per heavy atom. The van der Waals surface area contributed by atoms with E-state index in [1.54, 1.807) is 35.3 Å². The fourth-order valence-electron chi connectivity index (χ4n) is 3.13. The summed E-state index contributed by atoms with van der Waals surface area (Å²) in [5.41, 5.74) is 0.913. The van der Waals surface area contributed by atoms with Crippen molar-refractivity contribution in [2.75, 3.05) is 0 Å². The lowest BCUT2D eigenvalue weighted by atomic mass is 10.1. The van der Waals surface area contributed by atoms with Crippen LogP contribution in [0.3, 0.4) is 0 Å². The second kappa shape index (κ2) is 7.55. The van der Waals surface area contributed by atoms with Crippen molar-refractivity contribution in [3.05, 3.63) is 87.5 Å². The van der Waals surface area contributed by atoms with Crippen molar-refractivity contribution in [1.82, 2.24) is 29.9 Å². The SMILES string of the molecule is CC(NC(=O)Cn1[nH]c(=O)c2ccccc2c1=O)c1ccc(-n2cncn2)cc1. The number of fused-ring (bicyclic) bond motifs is 1. The summed E-state index contributed by atoms with van der Waals surface area (Å²) in [4.78, 5) is 41.0. The Balaban J connectivity index is 1.48. The van der Waals surface area contributed by atoms with Gasteiger partial charge in [0.2, 0.25) is 5.91 Å². The molecular formula is C20H18N6O3. The van der Waals surface area contributed by atoms with E-state index in [2.05, 4.69) is 20.5 Å². The summed E-state index contributed by atoms with van der Waals surface area (Å²) in [5, 5.41) is 9.94. The van der Waals surface area contributed by atoms with Crippen LogP contribution in [0.5, 0.6) is 0 Å². The lowest BCUT2D eigenvalue weighted by molar-refractivity contribution is -0.122. The molecule has 2 N–H and O–H groups in total. The van der Waals surface area contributed by atoms with Gasteiger partial charge in [0.05, 0.1) is 22.5 Å². The third kappa shape index (κ3) is 3.70. The second-order valence-electron chi connectivity index (χ2n) is 6.60. The summed E-state index contributed by atoms with van der Waals surface area (Å²) < 4.78 is 2.66. The number of benzene rings is 2. The molecule has 0 saturated carbocycles. The van der Waals surface area contributed by atoms with Crippen LogP contribution in [0.2, 0.25) is 0 Å². The molecule has 146 valence electrons. The number of rotatable bonds is 5. The summed E-state index contributed by atoms with van der Waals surface area (Å²) in [5.74, 6) is -0.383. The molecule has 0 aliphatic carbocycles. The number of nitrogens with zero attached hydrogens (tertiary/aromatic N) is 4. The van der Waals surface area contributed by atoms with Gasteiger partial charge in [-0.3, -0.25) is 19.5 Å². The van der Waals surface area contributed by atoms with Crippen LogP contribution in [0.25, 0.3) is 16.5 Å². The van der Waals surface area contributed by atoms with E-state index in [0.717, 1.165) is 15.9 Å². The molecule has 9 nitrogen and oxygen atoms in total. The van der Waals surface area contributed by atoms with E-state index in [1.807, 2.05) is 31.2 Å². The van der Waals surface area contributed by atoms with Gasteiger partial charge in [0.15, 0.2) is 0 Å². The molecule has 2 aromatic carbocycles. The van der Waals surface area contributed by atoms with Crippen molar-refractivity contribution in [1.29, 1.82) is 0 Å². The molecule has 0 aliphatic rings. The fourth-order valence-corrected chi connectivity index (χ4v) is 3.13. The number of amides is 1. The number of nitrogens with one attached hydrogen (secondary N) is 2. The van der Waals surface area contributed by atoms with Crippen molar-refractivity contribution in [2.45, 2.75) is 19.5 Å². The third-order valence-electron chi connectivity index (χ3n) is 4.64. The molecule has 0 spiro atoms. The Bertz CT molecular complexity index is 1270. The summed E-state index contributed by atoms with van der Waals surface area (Å²) in [7, 11) is 0. The van der Waals surface area contributed by atoms with Crippen molar-refractivity contribution < 1.29 is 4.79 Å². The van der Waals surface area contributed by atoms with Gasteiger partial charge in [-0.1, -0.05) is 24.3 Å². The molecule has 0 bridgehead atoms. The van der Waals surface area contributed by atoms with Crippen molar-refractivity contribution in [2.24, 2.45) is 0 Å². The summed E-state index contributed by atoms with van der Waals surface area (Å²) >= 11 is 0. The zero-order valence-corrected chi connectivity index (χ0v) is 15.6. The van der Waals surface area contributed by atoms with Gasteiger partial charge in [0, 0.05) is 0 Å². The van der Waals surface area contributed by atoms with Crippen LogP contribution in [0.4, 0.5) is 0 Å². The molecule has 0 radical (unpaired) electrons. The van der Waals surface area contributed by atoms with Crippen LogP contribution < -0.4 is 16.4 Å². The third-order valence-corrected chi connectivity index (χ3v) is 4.64. The van der Waals surface area contributed by atoms with E-state index in [1.165, 1.54) is 6.33 Å². The van der Waals surface area contributed by atoms with Crippen molar-refractivity contribution in [3.8, 4) is 5.69 Å². The number of H-pyrrole nitrogens is 1. The summed E-state index contributed by atoms with van der Waals surface area (Å²) in [6.45, 7) is 1.56. The number of hydrogen-bond donors (Lipinski definition) is 2. The molecule has 2 heterocycles. The number of carbonyl (C=O) groups excluding carboxylic acids is 1.